The SMILES string of the molecule is CCCCCCCCC/C=C\CCCCCCCC(=O)OCCCCCCCCCCCCCC/C=C\CCCCCCCCCCCCC(=O)NC(COC1OC(CO)C(O)C(O)C1O)C(O)/C=C/CCCCCCCCC. The van der Waals surface area contributed by atoms with Crippen LogP contribution in [-0.4, -0.2) is 100 Å². The van der Waals surface area contributed by atoms with Crippen molar-refractivity contribution in [3.05, 3.63) is 36.5 Å². The summed E-state index contributed by atoms with van der Waals surface area (Å²) in [6.45, 7) is 4.33. The number of aliphatic hydroxyl groups excluding tert-OH is 5. The molecule has 0 saturated carbocycles. The second-order valence-corrected chi connectivity index (χ2v) is 23.5. The van der Waals surface area contributed by atoms with Gasteiger partial charge in [-0.3, -0.25) is 9.59 Å². The lowest BCUT2D eigenvalue weighted by Crippen LogP contribution is -2.60. The minimum absolute atomic E-state index is 0.00303. The van der Waals surface area contributed by atoms with Gasteiger partial charge in [-0.05, 0) is 83.5 Å². The number of esters is 1. The van der Waals surface area contributed by atoms with Crippen LogP contribution in [-0.2, 0) is 23.8 Å². The van der Waals surface area contributed by atoms with Gasteiger partial charge in [0.1, 0.15) is 24.4 Å². The van der Waals surface area contributed by atoms with Gasteiger partial charge in [0.25, 0.3) is 0 Å². The van der Waals surface area contributed by atoms with Crippen LogP contribution in [0.3, 0.4) is 0 Å². The molecule has 1 rings (SSSR count). The molecule has 1 heterocycles. The van der Waals surface area contributed by atoms with E-state index < -0.39 is 49.5 Å². The minimum atomic E-state index is -1.57. The van der Waals surface area contributed by atoms with Gasteiger partial charge in [-0.15, -0.1) is 0 Å². The predicted octanol–water partition coefficient (Wildman–Crippen LogP) is 16.6. The summed E-state index contributed by atoms with van der Waals surface area (Å²) in [5.41, 5.74) is 0. The Labute approximate surface area is 485 Å². The number of carbonyl (C=O) groups excluding carboxylic acids is 2. The average Bonchev–Trinajstić information content (AvgIpc) is 3.47. The standard InChI is InChI=1S/C68H127NO10/c1-3-5-7-9-11-13-14-15-16-30-33-36-40-44-48-52-56-64(73)77-57-53-49-45-41-37-34-31-28-26-24-22-20-18-17-19-21-23-25-27-29-32-35-39-43-47-51-55-63(72)69-60(61(71)54-50-46-42-38-12-10-8-6-4-2)59-78-68-67(76)66(75)65(74)62(58-70)79-68/h16-17,19,30,50,54,60-62,65-68,70-71,74-76H,3-15,18,20-29,31-49,51-53,55-59H2,1-2H3,(H,69,72)/b19-17-,30-16-,54-50+. The van der Waals surface area contributed by atoms with E-state index in [2.05, 4.69) is 43.5 Å². The van der Waals surface area contributed by atoms with E-state index in [1.807, 2.05) is 6.08 Å². The molecule has 0 aromatic rings. The molecule has 1 aliphatic heterocycles. The smallest absolute Gasteiger partial charge is 0.305 e. The summed E-state index contributed by atoms with van der Waals surface area (Å²) in [4.78, 5) is 25.1. The molecule has 7 atom stereocenters. The number of unbranched alkanes of at least 4 members (excludes halogenated alkanes) is 41. The van der Waals surface area contributed by atoms with Gasteiger partial charge >= 0.3 is 5.97 Å². The van der Waals surface area contributed by atoms with Crippen LogP contribution >= 0.6 is 0 Å². The largest absolute Gasteiger partial charge is 0.466 e. The summed E-state index contributed by atoms with van der Waals surface area (Å²) in [5, 5.41) is 54.3. The van der Waals surface area contributed by atoms with Gasteiger partial charge in [-0.1, -0.05) is 262 Å². The summed E-state index contributed by atoms with van der Waals surface area (Å²) in [6.07, 6.45) is 62.8. The van der Waals surface area contributed by atoms with Crippen molar-refractivity contribution in [1.29, 1.82) is 0 Å². The molecule has 464 valence electrons. The first-order chi connectivity index (χ1) is 38.7. The van der Waals surface area contributed by atoms with Crippen LogP contribution < -0.4 is 5.32 Å². The Bertz CT molecular complexity index is 1410. The summed E-state index contributed by atoms with van der Waals surface area (Å²) in [6, 6.07) is -0.810. The van der Waals surface area contributed by atoms with Crippen molar-refractivity contribution in [3.63, 3.8) is 0 Å². The van der Waals surface area contributed by atoms with E-state index in [4.69, 9.17) is 14.2 Å². The van der Waals surface area contributed by atoms with Crippen LogP contribution in [0, 0.1) is 0 Å². The number of amides is 1. The van der Waals surface area contributed by atoms with Crippen LogP contribution in [0.25, 0.3) is 0 Å². The first kappa shape index (κ1) is 74.9. The maximum Gasteiger partial charge on any atom is 0.305 e. The van der Waals surface area contributed by atoms with Crippen molar-refractivity contribution in [2.24, 2.45) is 0 Å². The van der Waals surface area contributed by atoms with Crippen molar-refractivity contribution in [2.45, 2.75) is 365 Å². The summed E-state index contributed by atoms with van der Waals surface area (Å²) >= 11 is 0. The number of nitrogens with one attached hydrogen (secondary N) is 1. The number of allylic oxidation sites excluding steroid dienone is 5. The molecular weight excluding hydrogens is 991 g/mol. The topological polar surface area (TPSA) is 175 Å². The molecule has 11 nitrogen and oxygen atoms in total. The van der Waals surface area contributed by atoms with Crippen molar-refractivity contribution >= 4 is 11.9 Å². The van der Waals surface area contributed by atoms with E-state index in [0.29, 0.717) is 19.4 Å². The lowest BCUT2D eigenvalue weighted by molar-refractivity contribution is -0.302. The van der Waals surface area contributed by atoms with E-state index in [1.165, 1.54) is 238 Å². The van der Waals surface area contributed by atoms with Crippen molar-refractivity contribution < 1.29 is 49.3 Å². The highest BCUT2D eigenvalue weighted by Crippen LogP contribution is 2.23. The highest BCUT2D eigenvalue weighted by Gasteiger charge is 2.44. The third kappa shape index (κ3) is 47.0. The zero-order valence-corrected chi connectivity index (χ0v) is 51.3. The number of hydrogen-bond acceptors (Lipinski definition) is 10. The molecule has 1 aliphatic rings. The molecule has 0 aliphatic carbocycles. The Morgan fingerprint density at radius 2 is 0.810 bits per heavy atom. The van der Waals surface area contributed by atoms with E-state index in [9.17, 15) is 35.1 Å². The van der Waals surface area contributed by atoms with Crippen molar-refractivity contribution in [2.75, 3.05) is 19.8 Å². The number of hydrogen-bond donors (Lipinski definition) is 6. The third-order valence-corrected chi connectivity index (χ3v) is 16.0. The summed E-state index contributed by atoms with van der Waals surface area (Å²) < 4.78 is 16.7. The average molecular weight is 1120 g/mol. The fourth-order valence-electron chi connectivity index (χ4n) is 10.6. The molecule has 79 heavy (non-hydrogen) atoms. The van der Waals surface area contributed by atoms with Crippen LogP contribution in [0.15, 0.2) is 36.5 Å². The van der Waals surface area contributed by atoms with Gasteiger partial charge in [-0.25, -0.2) is 0 Å². The first-order valence-electron chi connectivity index (χ1n) is 33.8. The third-order valence-electron chi connectivity index (χ3n) is 16.0. The molecule has 0 aromatic heterocycles. The second kappa shape index (κ2) is 57.7. The normalized spacial score (nSPS) is 18.6. The zero-order chi connectivity index (χ0) is 57.3. The fourth-order valence-corrected chi connectivity index (χ4v) is 10.6. The summed E-state index contributed by atoms with van der Waals surface area (Å²) in [7, 11) is 0. The van der Waals surface area contributed by atoms with Crippen LogP contribution in [0.4, 0.5) is 0 Å². The number of rotatable bonds is 59. The molecule has 1 amide bonds. The number of carbonyl (C=O) groups is 2. The van der Waals surface area contributed by atoms with E-state index in [1.54, 1.807) is 6.08 Å². The molecule has 0 radical (unpaired) electrons. The fraction of sp³-hybridized carbons (Fsp3) is 0.882. The van der Waals surface area contributed by atoms with Gasteiger partial charge < -0.3 is 45.1 Å². The van der Waals surface area contributed by atoms with Gasteiger partial charge in [-0.2, -0.15) is 0 Å². The quantitative estimate of drug-likeness (QED) is 0.0195. The maximum atomic E-state index is 13.0. The molecule has 0 aromatic carbocycles. The van der Waals surface area contributed by atoms with Crippen molar-refractivity contribution in [3.8, 4) is 0 Å². The Morgan fingerprint density at radius 1 is 0.456 bits per heavy atom. The Hall–Kier alpha value is -2.12. The van der Waals surface area contributed by atoms with Gasteiger partial charge in [0.15, 0.2) is 6.29 Å². The molecule has 6 N–H and O–H groups in total. The van der Waals surface area contributed by atoms with Gasteiger partial charge in [0, 0.05) is 12.8 Å². The lowest BCUT2D eigenvalue weighted by atomic mass is 9.99. The Balaban J connectivity index is 1.94. The molecule has 1 saturated heterocycles. The summed E-state index contributed by atoms with van der Waals surface area (Å²) in [5.74, 6) is -0.188. The molecular formula is C68H127NO10. The monoisotopic (exact) mass is 1120 g/mol. The maximum absolute atomic E-state index is 13.0. The molecule has 0 spiro atoms. The van der Waals surface area contributed by atoms with Crippen LogP contribution in [0.1, 0.15) is 322 Å². The van der Waals surface area contributed by atoms with Crippen LogP contribution in [0.5, 0.6) is 0 Å². The minimum Gasteiger partial charge on any atom is -0.466 e. The first-order valence-corrected chi connectivity index (χ1v) is 33.8. The number of ether oxygens (including phenoxy) is 3. The van der Waals surface area contributed by atoms with Crippen LogP contribution in [0.2, 0.25) is 0 Å². The molecule has 11 heteroatoms. The lowest BCUT2D eigenvalue weighted by Gasteiger charge is -2.40. The second-order valence-electron chi connectivity index (χ2n) is 23.5. The zero-order valence-electron chi connectivity index (χ0n) is 51.3. The molecule has 1 fully saturated rings. The highest BCUT2D eigenvalue weighted by atomic mass is 16.7. The molecule has 7 unspecified atom stereocenters. The predicted molar refractivity (Wildman–Crippen MR) is 329 cm³/mol. The Kier molecular flexibility index (Phi) is 54.7. The number of aliphatic hydroxyl groups is 5. The van der Waals surface area contributed by atoms with Gasteiger partial charge in [0.05, 0.1) is 32.0 Å². The van der Waals surface area contributed by atoms with E-state index in [-0.39, 0.29) is 18.5 Å². The van der Waals surface area contributed by atoms with Gasteiger partial charge in [0.2, 0.25) is 5.91 Å². The van der Waals surface area contributed by atoms with Crippen molar-refractivity contribution in [1.82, 2.24) is 5.32 Å². The highest BCUT2D eigenvalue weighted by molar-refractivity contribution is 5.76. The Morgan fingerprint density at radius 3 is 1.22 bits per heavy atom. The molecule has 0 bridgehead atoms. The van der Waals surface area contributed by atoms with E-state index in [0.717, 1.165) is 57.8 Å². The van der Waals surface area contributed by atoms with E-state index >= 15 is 0 Å².